The molecule has 0 bridgehead atoms. The molecule has 4 nitrogen and oxygen atoms in total. The lowest BCUT2D eigenvalue weighted by Gasteiger charge is -1.97. The summed E-state index contributed by atoms with van der Waals surface area (Å²) in [7, 11) is 0. The summed E-state index contributed by atoms with van der Waals surface area (Å²) in [4.78, 5) is 4.38. The number of aromatic nitrogens is 2. The van der Waals surface area contributed by atoms with Gasteiger partial charge in [0.2, 0.25) is 0 Å². The van der Waals surface area contributed by atoms with Gasteiger partial charge in [0.25, 0.3) is 5.89 Å². The van der Waals surface area contributed by atoms with Crippen LogP contribution in [0.1, 0.15) is 17.0 Å². The zero-order valence-corrected chi connectivity index (χ0v) is 11.9. The summed E-state index contributed by atoms with van der Waals surface area (Å²) in [5.74, 6) is 1.08. The van der Waals surface area contributed by atoms with Crippen LogP contribution in [0.15, 0.2) is 53.1 Å². The third kappa shape index (κ3) is 3.29. The summed E-state index contributed by atoms with van der Waals surface area (Å²) >= 11 is 5.96. The van der Waals surface area contributed by atoms with Crippen LogP contribution in [0.2, 0.25) is 5.02 Å². The molecular formula is C16H13ClN2O2. The Balaban J connectivity index is 1.79. The molecule has 0 saturated heterocycles. The predicted octanol–water partition coefficient (Wildman–Crippen LogP) is 3.47. The molecule has 1 heterocycles. The van der Waals surface area contributed by atoms with Crippen molar-refractivity contribution in [2.24, 2.45) is 0 Å². The van der Waals surface area contributed by atoms with Crippen molar-refractivity contribution >= 4 is 11.6 Å². The number of aliphatic hydroxyl groups excluding tert-OH is 1. The van der Waals surface area contributed by atoms with Crippen molar-refractivity contribution in [2.45, 2.75) is 13.0 Å². The lowest BCUT2D eigenvalue weighted by Crippen LogP contribution is -1.90. The van der Waals surface area contributed by atoms with Crippen molar-refractivity contribution in [2.75, 3.05) is 0 Å². The summed E-state index contributed by atoms with van der Waals surface area (Å²) in [6.45, 7) is 0.0180. The van der Waals surface area contributed by atoms with Crippen LogP contribution < -0.4 is 0 Å². The Bertz CT molecular complexity index is 738. The first kappa shape index (κ1) is 13.8. The number of benzene rings is 2. The van der Waals surface area contributed by atoms with Gasteiger partial charge in [0.15, 0.2) is 5.82 Å². The van der Waals surface area contributed by atoms with Gasteiger partial charge in [-0.25, -0.2) is 0 Å². The van der Waals surface area contributed by atoms with Crippen LogP contribution in [-0.4, -0.2) is 15.2 Å². The molecule has 0 amide bonds. The molecule has 0 spiro atoms. The van der Waals surface area contributed by atoms with Gasteiger partial charge < -0.3 is 9.63 Å². The van der Waals surface area contributed by atoms with E-state index in [4.69, 9.17) is 21.2 Å². The predicted molar refractivity (Wildman–Crippen MR) is 79.9 cm³/mol. The number of hydrogen-bond donors (Lipinski definition) is 1. The minimum Gasteiger partial charge on any atom is -0.392 e. The quantitative estimate of drug-likeness (QED) is 0.801. The summed E-state index contributed by atoms with van der Waals surface area (Å²) in [5.41, 5.74) is 2.71. The van der Waals surface area contributed by atoms with Crippen LogP contribution in [0.25, 0.3) is 11.5 Å². The maximum Gasteiger partial charge on any atom is 0.257 e. The van der Waals surface area contributed by atoms with Crippen molar-refractivity contribution in [1.29, 1.82) is 0 Å². The van der Waals surface area contributed by atoms with Gasteiger partial charge in [-0.3, -0.25) is 0 Å². The highest BCUT2D eigenvalue weighted by atomic mass is 35.5. The molecule has 0 aliphatic rings. The number of hydrogen-bond acceptors (Lipinski definition) is 4. The van der Waals surface area contributed by atoms with Crippen LogP contribution in [-0.2, 0) is 13.0 Å². The van der Waals surface area contributed by atoms with Gasteiger partial charge in [-0.05, 0) is 35.4 Å². The van der Waals surface area contributed by atoms with Gasteiger partial charge in [0, 0.05) is 17.0 Å². The largest absolute Gasteiger partial charge is 0.392 e. The summed E-state index contributed by atoms with van der Waals surface area (Å²) in [6, 6.07) is 14.9. The highest BCUT2D eigenvalue weighted by Crippen LogP contribution is 2.19. The third-order valence-corrected chi connectivity index (χ3v) is 3.34. The third-order valence-electron chi connectivity index (χ3n) is 3.10. The monoisotopic (exact) mass is 300 g/mol. The Morgan fingerprint density at radius 3 is 2.57 bits per heavy atom. The van der Waals surface area contributed by atoms with Gasteiger partial charge in [-0.2, -0.15) is 4.98 Å². The van der Waals surface area contributed by atoms with Crippen LogP contribution in [0, 0.1) is 0 Å². The zero-order valence-electron chi connectivity index (χ0n) is 11.2. The fourth-order valence-electron chi connectivity index (χ4n) is 2.03. The summed E-state index contributed by atoms with van der Waals surface area (Å²) < 4.78 is 5.27. The molecule has 0 radical (unpaired) electrons. The first-order valence-corrected chi connectivity index (χ1v) is 6.89. The van der Waals surface area contributed by atoms with Crippen LogP contribution >= 0.6 is 11.6 Å². The second-order valence-electron chi connectivity index (χ2n) is 4.68. The molecule has 21 heavy (non-hydrogen) atoms. The fourth-order valence-corrected chi connectivity index (χ4v) is 2.24. The van der Waals surface area contributed by atoms with E-state index in [9.17, 15) is 0 Å². The first-order chi connectivity index (χ1) is 10.2. The first-order valence-electron chi connectivity index (χ1n) is 6.52. The second-order valence-corrected chi connectivity index (χ2v) is 5.11. The van der Waals surface area contributed by atoms with E-state index in [1.165, 1.54) is 0 Å². The molecule has 1 N–H and O–H groups in total. The maximum atomic E-state index is 9.03. The Morgan fingerprint density at radius 1 is 1.05 bits per heavy atom. The Morgan fingerprint density at radius 2 is 1.86 bits per heavy atom. The molecule has 106 valence electrons. The molecule has 5 heteroatoms. The van der Waals surface area contributed by atoms with E-state index in [1.807, 2.05) is 48.5 Å². The van der Waals surface area contributed by atoms with Gasteiger partial charge in [0.1, 0.15) is 0 Å². The molecule has 1 aromatic heterocycles. The minimum atomic E-state index is 0.0180. The molecule has 3 rings (SSSR count). The van der Waals surface area contributed by atoms with Crippen LogP contribution in [0.3, 0.4) is 0 Å². The molecule has 0 fully saturated rings. The molecule has 3 aromatic rings. The van der Waals surface area contributed by atoms with Gasteiger partial charge in [-0.15, -0.1) is 0 Å². The molecular weight excluding hydrogens is 288 g/mol. The number of nitrogens with zero attached hydrogens (tertiary/aromatic N) is 2. The second kappa shape index (κ2) is 6.08. The van der Waals surface area contributed by atoms with Crippen molar-refractivity contribution in [3.8, 4) is 11.5 Å². The minimum absolute atomic E-state index is 0.0180. The smallest absolute Gasteiger partial charge is 0.257 e. The normalized spacial score (nSPS) is 10.8. The molecule has 0 aliphatic heterocycles. The topological polar surface area (TPSA) is 59.2 Å². The van der Waals surface area contributed by atoms with Crippen molar-refractivity contribution in [3.05, 3.63) is 70.5 Å². The van der Waals surface area contributed by atoms with E-state index < -0.39 is 0 Å². The lowest BCUT2D eigenvalue weighted by atomic mass is 10.1. The number of rotatable bonds is 4. The van der Waals surface area contributed by atoms with E-state index in [2.05, 4.69) is 10.1 Å². The molecule has 0 saturated carbocycles. The molecule has 0 unspecified atom stereocenters. The van der Waals surface area contributed by atoms with E-state index >= 15 is 0 Å². The van der Waals surface area contributed by atoms with E-state index in [0.717, 1.165) is 16.7 Å². The van der Waals surface area contributed by atoms with Crippen molar-refractivity contribution in [1.82, 2.24) is 10.1 Å². The lowest BCUT2D eigenvalue weighted by molar-refractivity contribution is 0.282. The average molecular weight is 301 g/mol. The summed E-state index contributed by atoms with van der Waals surface area (Å²) in [6.07, 6.45) is 0.568. The van der Waals surface area contributed by atoms with Gasteiger partial charge in [0.05, 0.1) is 6.61 Å². The maximum absolute atomic E-state index is 9.03. The Hall–Kier alpha value is -2.17. The number of aliphatic hydroxyl groups is 1. The fraction of sp³-hybridized carbons (Fsp3) is 0.125. The van der Waals surface area contributed by atoms with Gasteiger partial charge >= 0.3 is 0 Å². The van der Waals surface area contributed by atoms with E-state index in [-0.39, 0.29) is 6.61 Å². The van der Waals surface area contributed by atoms with Crippen molar-refractivity contribution in [3.63, 3.8) is 0 Å². The van der Waals surface area contributed by atoms with E-state index in [1.54, 1.807) is 0 Å². The standard InChI is InChI=1S/C16H13ClN2O2/c17-14-3-1-2-12(8-14)9-15-18-16(21-19-15)13-6-4-11(10-20)5-7-13/h1-8,20H,9-10H2. The van der Waals surface area contributed by atoms with Crippen LogP contribution in [0.4, 0.5) is 0 Å². The number of halogens is 1. The zero-order chi connectivity index (χ0) is 14.7. The SMILES string of the molecule is OCc1ccc(-c2nc(Cc3cccc(Cl)c3)no2)cc1. The molecule has 0 aliphatic carbocycles. The average Bonchev–Trinajstić information content (AvgIpc) is 2.96. The molecule has 0 atom stereocenters. The van der Waals surface area contributed by atoms with Crippen LogP contribution in [0.5, 0.6) is 0 Å². The molecule has 2 aromatic carbocycles. The highest BCUT2D eigenvalue weighted by Gasteiger charge is 2.09. The van der Waals surface area contributed by atoms with Gasteiger partial charge in [-0.1, -0.05) is 41.0 Å². The Kier molecular flexibility index (Phi) is 3.99. The Labute approximate surface area is 127 Å². The van der Waals surface area contributed by atoms with E-state index in [0.29, 0.717) is 23.2 Å². The summed E-state index contributed by atoms with van der Waals surface area (Å²) in [5, 5.41) is 13.7. The van der Waals surface area contributed by atoms with Crippen molar-refractivity contribution < 1.29 is 9.63 Å². The highest BCUT2D eigenvalue weighted by molar-refractivity contribution is 6.30.